The summed E-state index contributed by atoms with van der Waals surface area (Å²) in [5, 5.41) is 3.74. The topological polar surface area (TPSA) is 30.5 Å². The minimum absolute atomic E-state index is 0.280. The van der Waals surface area contributed by atoms with Gasteiger partial charge in [-0.05, 0) is 43.4 Å². The third-order valence-electron chi connectivity index (χ3n) is 4.48. The third-order valence-corrected chi connectivity index (χ3v) is 4.48. The van der Waals surface area contributed by atoms with Gasteiger partial charge in [0.2, 0.25) is 0 Å². The van der Waals surface area contributed by atoms with Crippen molar-refractivity contribution in [3.8, 4) is 5.75 Å². The molecule has 0 spiro atoms. The number of fused-ring (bicyclic) bond motifs is 1. The highest BCUT2D eigenvalue weighted by Gasteiger charge is 2.35. The zero-order valence-electron chi connectivity index (χ0n) is 12.3. The van der Waals surface area contributed by atoms with Crippen molar-refractivity contribution in [3.63, 3.8) is 0 Å². The second-order valence-corrected chi connectivity index (χ2v) is 5.90. The van der Waals surface area contributed by atoms with Gasteiger partial charge in [0.15, 0.2) is 0 Å². The Bertz CT molecular complexity index is 404. The summed E-state index contributed by atoms with van der Waals surface area (Å²) < 4.78 is 11.7. The Balaban J connectivity index is 1.70. The van der Waals surface area contributed by atoms with Gasteiger partial charge in [-0.2, -0.15) is 0 Å². The third kappa shape index (κ3) is 2.99. The first-order valence-corrected chi connectivity index (χ1v) is 7.94. The van der Waals surface area contributed by atoms with Gasteiger partial charge in [0, 0.05) is 25.7 Å². The normalized spacial score (nSPS) is 24.1. The van der Waals surface area contributed by atoms with E-state index in [4.69, 9.17) is 9.47 Å². The fourth-order valence-electron chi connectivity index (χ4n) is 3.40. The highest BCUT2D eigenvalue weighted by molar-refractivity contribution is 5.37. The van der Waals surface area contributed by atoms with Gasteiger partial charge in [-0.15, -0.1) is 0 Å². The average molecular weight is 275 g/mol. The summed E-state index contributed by atoms with van der Waals surface area (Å²) in [5.41, 5.74) is 1.35. The molecule has 0 saturated carbocycles. The van der Waals surface area contributed by atoms with Gasteiger partial charge in [0.05, 0.1) is 0 Å². The highest BCUT2D eigenvalue weighted by atomic mass is 16.5. The minimum Gasteiger partial charge on any atom is -0.488 e. The Kier molecular flexibility index (Phi) is 4.58. The Morgan fingerprint density at radius 1 is 1.25 bits per heavy atom. The number of hydrogen-bond acceptors (Lipinski definition) is 3. The quantitative estimate of drug-likeness (QED) is 0.896. The molecule has 0 radical (unpaired) electrons. The maximum absolute atomic E-state index is 6.22. The van der Waals surface area contributed by atoms with Gasteiger partial charge in [-0.25, -0.2) is 0 Å². The molecule has 0 amide bonds. The second-order valence-electron chi connectivity index (χ2n) is 5.90. The first kappa shape index (κ1) is 13.9. The Hall–Kier alpha value is -1.06. The molecule has 0 aromatic heterocycles. The van der Waals surface area contributed by atoms with Crippen LogP contribution in [0.1, 0.15) is 31.7 Å². The average Bonchev–Trinajstić information content (AvgIpc) is 2.92. The van der Waals surface area contributed by atoms with Gasteiger partial charge in [-0.3, -0.25) is 0 Å². The molecule has 2 heterocycles. The molecule has 1 aromatic rings. The van der Waals surface area contributed by atoms with Crippen LogP contribution >= 0.6 is 0 Å². The van der Waals surface area contributed by atoms with Crippen LogP contribution in [-0.4, -0.2) is 31.9 Å². The molecule has 3 nitrogen and oxygen atoms in total. The van der Waals surface area contributed by atoms with Crippen LogP contribution in [0.25, 0.3) is 0 Å². The molecule has 0 aliphatic carbocycles. The van der Waals surface area contributed by atoms with Crippen LogP contribution in [0.15, 0.2) is 24.3 Å². The second kappa shape index (κ2) is 6.59. The molecule has 3 rings (SSSR count). The minimum atomic E-state index is 0.280. The van der Waals surface area contributed by atoms with Gasteiger partial charge in [-0.1, -0.05) is 25.1 Å². The maximum Gasteiger partial charge on any atom is 0.123 e. The number of hydrogen-bond donors (Lipinski definition) is 1. The molecule has 2 aliphatic heterocycles. The van der Waals surface area contributed by atoms with Gasteiger partial charge in [0.1, 0.15) is 11.9 Å². The Labute approximate surface area is 121 Å². The molecule has 2 unspecified atom stereocenters. The Morgan fingerprint density at radius 2 is 2.05 bits per heavy atom. The molecular weight excluding hydrogens is 250 g/mol. The van der Waals surface area contributed by atoms with E-state index in [0.29, 0.717) is 12.0 Å². The molecule has 20 heavy (non-hydrogen) atoms. The van der Waals surface area contributed by atoms with E-state index in [2.05, 4.69) is 36.5 Å². The molecular formula is C17H25NO2. The monoisotopic (exact) mass is 275 g/mol. The van der Waals surface area contributed by atoms with E-state index < -0.39 is 0 Å². The number of para-hydroxylation sites is 1. The fraction of sp³-hybridized carbons (Fsp3) is 0.647. The first-order chi connectivity index (χ1) is 9.88. The van der Waals surface area contributed by atoms with Crippen LogP contribution in [0.5, 0.6) is 5.75 Å². The van der Waals surface area contributed by atoms with Crippen molar-refractivity contribution in [2.45, 2.75) is 44.8 Å². The van der Waals surface area contributed by atoms with E-state index in [1.54, 1.807) is 0 Å². The molecule has 1 fully saturated rings. The standard InChI is InChI=1S/C17H25NO2/c1-2-9-18-17(13-7-10-19-11-8-13)16-12-14-5-3-4-6-15(14)20-16/h3-6,13,16-18H,2,7-12H2,1H3. The molecule has 2 aliphatic rings. The molecule has 1 saturated heterocycles. The number of ether oxygens (including phenoxy) is 2. The smallest absolute Gasteiger partial charge is 0.123 e. The van der Waals surface area contributed by atoms with Crippen molar-refractivity contribution < 1.29 is 9.47 Å². The summed E-state index contributed by atoms with van der Waals surface area (Å²) in [7, 11) is 0. The van der Waals surface area contributed by atoms with Crippen molar-refractivity contribution in [1.29, 1.82) is 0 Å². The van der Waals surface area contributed by atoms with Crippen LogP contribution < -0.4 is 10.1 Å². The molecule has 0 bridgehead atoms. The zero-order chi connectivity index (χ0) is 13.8. The maximum atomic E-state index is 6.22. The lowest BCUT2D eigenvalue weighted by atomic mass is 9.86. The predicted octanol–water partition coefficient (Wildman–Crippen LogP) is 2.78. The number of benzene rings is 1. The molecule has 3 heteroatoms. The van der Waals surface area contributed by atoms with E-state index in [0.717, 1.165) is 44.8 Å². The first-order valence-electron chi connectivity index (χ1n) is 7.94. The van der Waals surface area contributed by atoms with Crippen LogP contribution in [0.4, 0.5) is 0 Å². The van der Waals surface area contributed by atoms with Gasteiger partial charge >= 0.3 is 0 Å². The lowest BCUT2D eigenvalue weighted by Crippen LogP contribution is -2.49. The van der Waals surface area contributed by atoms with E-state index in [9.17, 15) is 0 Å². The summed E-state index contributed by atoms with van der Waals surface area (Å²) in [6.45, 7) is 5.08. The predicted molar refractivity (Wildman–Crippen MR) is 80.2 cm³/mol. The van der Waals surface area contributed by atoms with E-state index >= 15 is 0 Å². The van der Waals surface area contributed by atoms with Crippen LogP contribution in [0.2, 0.25) is 0 Å². The number of rotatable bonds is 5. The Morgan fingerprint density at radius 3 is 2.80 bits per heavy atom. The van der Waals surface area contributed by atoms with Crippen molar-refractivity contribution in [1.82, 2.24) is 5.32 Å². The van der Waals surface area contributed by atoms with Crippen molar-refractivity contribution in [2.24, 2.45) is 5.92 Å². The van der Waals surface area contributed by atoms with Crippen LogP contribution in [0.3, 0.4) is 0 Å². The SMILES string of the molecule is CCCNC(C1CCOCC1)C1Cc2ccccc2O1. The van der Waals surface area contributed by atoms with Gasteiger partial charge in [0.25, 0.3) is 0 Å². The van der Waals surface area contributed by atoms with Crippen molar-refractivity contribution >= 4 is 0 Å². The largest absolute Gasteiger partial charge is 0.488 e. The molecule has 110 valence electrons. The van der Waals surface area contributed by atoms with Crippen LogP contribution in [-0.2, 0) is 11.2 Å². The van der Waals surface area contributed by atoms with Crippen molar-refractivity contribution in [3.05, 3.63) is 29.8 Å². The van der Waals surface area contributed by atoms with E-state index in [1.807, 2.05) is 0 Å². The lowest BCUT2D eigenvalue weighted by Gasteiger charge is -2.34. The summed E-state index contributed by atoms with van der Waals surface area (Å²) in [6, 6.07) is 8.90. The summed E-state index contributed by atoms with van der Waals surface area (Å²) >= 11 is 0. The van der Waals surface area contributed by atoms with Crippen LogP contribution in [0, 0.1) is 5.92 Å². The zero-order valence-corrected chi connectivity index (χ0v) is 12.3. The summed E-state index contributed by atoms with van der Waals surface area (Å²) in [6.07, 6.45) is 4.78. The molecule has 1 aromatic carbocycles. The van der Waals surface area contributed by atoms with Gasteiger partial charge < -0.3 is 14.8 Å². The van der Waals surface area contributed by atoms with E-state index in [1.165, 1.54) is 12.0 Å². The van der Waals surface area contributed by atoms with E-state index in [-0.39, 0.29) is 6.10 Å². The molecule has 2 atom stereocenters. The summed E-state index contributed by atoms with van der Waals surface area (Å²) in [4.78, 5) is 0. The lowest BCUT2D eigenvalue weighted by molar-refractivity contribution is 0.0324. The highest BCUT2D eigenvalue weighted by Crippen LogP contribution is 2.33. The van der Waals surface area contributed by atoms with Crippen molar-refractivity contribution in [2.75, 3.05) is 19.8 Å². The molecule has 1 N–H and O–H groups in total. The number of nitrogens with one attached hydrogen (secondary N) is 1. The fourth-order valence-corrected chi connectivity index (χ4v) is 3.40. The summed E-state index contributed by atoms with van der Waals surface area (Å²) in [5.74, 6) is 1.75.